The molecule has 2 aliphatic rings. The molecule has 59 heavy (non-hydrogen) atoms. The number of para-hydroxylation sites is 1. The number of likely N-dealkylation sites (tertiary alicyclic amines) is 2. The summed E-state index contributed by atoms with van der Waals surface area (Å²) in [5, 5.41) is 5.71. The van der Waals surface area contributed by atoms with E-state index in [1.165, 1.54) is 17.9 Å². The van der Waals surface area contributed by atoms with E-state index >= 15 is 0 Å². The van der Waals surface area contributed by atoms with Crippen molar-refractivity contribution in [1.29, 1.82) is 0 Å². The number of sulfone groups is 1. The van der Waals surface area contributed by atoms with Crippen LogP contribution in [-0.4, -0.2) is 101 Å². The second-order valence-electron chi connectivity index (χ2n) is 15.2. The van der Waals surface area contributed by atoms with Gasteiger partial charge in [-0.05, 0) is 118 Å². The highest BCUT2D eigenvalue weighted by Gasteiger charge is 2.29. The maximum atomic E-state index is 14.3. The smallest absolute Gasteiger partial charge is 0.255 e. The van der Waals surface area contributed by atoms with Gasteiger partial charge in [0, 0.05) is 42.4 Å². The fourth-order valence-corrected chi connectivity index (χ4v) is 8.78. The van der Waals surface area contributed by atoms with Gasteiger partial charge in [0.05, 0.1) is 35.6 Å². The number of hydrogen-bond acceptors (Lipinski definition) is 10. The molecule has 15 heteroatoms. The van der Waals surface area contributed by atoms with Crippen LogP contribution in [0, 0.1) is 11.6 Å². The van der Waals surface area contributed by atoms with Gasteiger partial charge < -0.3 is 25.2 Å². The van der Waals surface area contributed by atoms with E-state index < -0.39 is 33.1 Å². The summed E-state index contributed by atoms with van der Waals surface area (Å²) in [5.74, 6) is -0.753. The number of nitrogens with one attached hydrogen (secondary N) is 2. The predicted molar refractivity (Wildman–Crippen MR) is 225 cm³/mol. The van der Waals surface area contributed by atoms with Crippen LogP contribution in [0.25, 0.3) is 28.3 Å². The van der Waals surface area contributed by atoms with Gasteiger partial charge in [0.15, 0.2) is 0 Å². The molecule has 306 valence electrons. The lowest BCUT2D eigenvalue weighted by Gasteiger charge is -2.42. The van der Waals surface area contributed by atoms with Gasteiger partial charge in [-0.25, -0.2) is 32.2 Å². The van der Waals surface area contributed by atoms with Gasteiger partial charge in [0.25, 0.3) is 5.91 Å². The van der Waals surface area contributed by atoms with E-state index in [9.17, 15) is 22.0 Å². The van der Waals surface area contributed by atoms with E-state index in [2.05, 4.69) is 37.6 Å². The predicted octanol–water partition coefficient (Wildman–Crippen LogP) is 7.43. The molecule has 2 aliphatic heterocycles. The maximum absolute atomic E-state index is 14.3. The molecule has 6 aromatic rings. The van der Waals surface area contributed by atoms with E-state index in [4.69, 9.17) is 14.7 Å². The maximum Gasteiger partial charge on any atom is 0.255 e. The average molecular weight is 821 g/mol. The van der Waals surface area contributed by atoms with Crippen LogP contribution >= 0.6 is 0 Å². The summed E-state index contributed by atoms with van der Waals surface area (Å²) in [6, 6.07) is 24.3. The highest BCUT2D eigenvalue weighted by atomic mass is 32.2. The zero-order valence-corrected chi connectivity index (χ0v) is 33.8. The first-order valence-corrected chi connectivity index (χ1v) is 21.8. The SMILES string of the molecule is COc1cc(C2CCN(C3CCN(CCS(C)(=O)=O)CC3)CC2)ccc1Nc1nccc(-c2c(-c3cccc(C(=O)Nc4c(F)cccc4F)c3)nc3ccccn23)n1. The van der Waals surface area contributed by atoms with Gasteiger partial charge >= 0.3 is 0 Å². The summed E-state index contributed by atoms with van der Waals surface area (Å²) in [7, 11) is -1.30. The molecule has 0 bridgehead atoms. The van der Waals surface area contributed by atoms with Crippen molar-refractivity contribution in [3.8, 4) is 28.4 Å². The Bertz CT molecular complexity index is 2570. The number of pyridine rings is 1. The van der Waals surface area contributed by atoms with Gasteiger partial charge in [-0.2, -0.15) is 0 Å². The van der Waals surface area contributed by atoms with Gasteiger partial charge in [-0.15, -0.1) is 0 Å². The lowest BCUT2D eigenvalue weighted by Crippen LogP contribution is -2.48. The third-order valence-corrected chi connectivity index (χ3v) is 12.3. The van der Waals surface area contributed by atoms with Crippen molar-refractivity contribution in [3.63, 3.8) is 0 Å². The quantitative estimate of drug-likeness (QED) is 0.128. The molecule has 0 saturated carbocycles. The molecular weight excluding hydrogens is 775 g/mol. The molecule has 3 aromatic carbocycles. The number of piperidine rings is 2. The molecule has 0 atom stereocenters. The second kappa shape index (κ2) is 17.2. The molecule has 1 amide bonds. The number of anilines is 3. The Morgan fingerprint density at radius 2 is 1.64 bits per heavy atom. The van der Waals surface area contributed by atoms with E-state index in [-0.39, 0.29) is 11.3 Å². The Morgan fingerprint density at radius 1 is 0.881 bits per heavy atom. The van der Waals surface area contributed by atoms with Crippen molar-refractivity contribution in [2.75, 3.05) is 62.5 Å². The van der Waals surface area contributed by atoms with Crippen molar-refractivity contribution < 1.29 is 26.7 Å². The number of fused-ring (bicyclic) bond motifs is 1. The summed E-state index contributed by atoms with van der Waals surface area (Å²) in [4.78, 5) is 32.4. The van der Waals surface area contributed by atoms with E-state index in [1.54, 1.807) is 37.6 Å². The molecule has 2 N–H and O–H groups in total. The normalized spacial score (nSPS) is 16.0. The van der Waals surface area contributed by atoms with E-state index in [0.717, 1.165) is 69.7 Å². The number of aromatic nitrogens is 4. The van der Waals surface area contributed by atoms with Crippen LogP contribution in [0.5, 0.6) is 5.75 Å². The molecule has 0 spiro atoms. The van der Waals surface area contributed by atoms with Gasteiger partial charge in [0.2, 0.25) is 5.95 Å². The minimum Gasteiger partial charge on any atom is -0.495 e. The number of carbonyl (C=O) groups is 1. The summed E-state index contributed by atoms with van der Waals surface area (Å²) >= 11 is 0. The van der Waals surface area contributed by atoms with Crippen LogP contribution in [0.1, 0.15) is 47.5 Å². The molecular formula is C44H46F2N8O4S. The van der Waals surface area contributed by atoms with E-state index in [1.807, 2.05) is 40.9 Å². The molecule has 2 fully saturated rings. The van der Waals surface area contributed by atoms with Crippen LogP contribution in [0.2, 0.25) is 0 Å². The number of halogens is 2. The first kappa shape index (κ1) is 40.0. The number of carbonyl (C=O) groups excluding carboxylic acids is 1. The number of imidazole rings is 1. The first-order valence-electron chi connectivity index (χ1n) is 19.8. The lowest BCUT2D eigenvalue weighted by molar-refractivity contribution is 0.0897. The topological polar surface area (TPSA) is 134 Å². The van der Waals surface area contributed by atoms with Crippen molar-refractivity contribution in [2.45, 2.75) is 37.6 Å². The highest BCUT2D eigenvalue weighted by Crippen LogP contribution is 2.37. The fraction of sp³-hybridized carbons (Fsp3) is 0.318. The number of ether oxygens (including phenoxy) is 1. The number of hydrogen-bond donors (Lipinski definition) is 2. The van der Waals surface area contributed by atoms with Gasteiger partial charge in [-0.3, -0.25) is 9.20 Å². The molecule has 3 aromatic heterocycles. The van der Waals surface area contributed by atoms with Gasteiger partial charge in [-0.1, -0.05) is 30.3 Å². The summed E-state index contributed by atoms with van der Waals surface area (Å²) in [6.07, 6.45) is 9.09. The Hall–Kier alpha value is -5.77. The number of benzene rings is 3. The zero-order valence-electron chi connectivity index (χ0n) is 32.9. The summed E-state index contributed by atoms with van der Waals surface area (Å²) in [6.45, 7) is 4.55. The molecule has 8 rings (SSSR count). The first-order chi connectivity index (χ1) is 28.5. The number of methoxy groups -OCH3 is 1. The molecule has 12 nitrogen and oxygen atoms in total. The van der Waals surface area contributed by atoms with Crippen molar-refractivity contribution in [1.82, 2.24) is 29.2 Å². The summed E-state index contributed by atoms with van der Waals surface area (Å²) < 4.78 is 59.7. The standard InChI is InChI=1S/C44H46F2N8O4S/c1-58-38-28-30(29-15-23-53(24-16-29)33-17-21-52(22-18-33)25-26-59(2,56)57)12-13-36(38)48-44-47-19-14-37(49-44)42-40(50-39-11-3-4-20-54(39)42)31-7-5-8-32(27-31)43(55)51-41-34(45)9-6-10-35(41)46/h3-14,19-20,27-29,33H,15-18,21-26H2,1-2H3,(H,51,55)(H,47,48,49). The van der Waals surface area contributed by atoms with Crippen molar-refractivity contribution in [3.05, 3.63) is 120 Å². The monoisotopic (exact) mass is 820 g/mol. The van der Waals surface area contributed by atoms with Crippen LogP contribution in [-0.2, 0) is 9.84 Å². The minimum absolute atomic E-state index is 0.195. The fourth-order valence-electron chi connectivity index (χ4n) is 8.19. The second-order valence-corrected chi connectivity index (χ2v) is 17.5. The van der Waals surface area contributed by atoms with E-state index in [0.29, 0.717) is 58.5 Å². The largest absolute Gasteiger partial charge is 0.495 e. The Balaban J connectivity index is 0.972. The average Bonchev–Trinajstić information content (AvgIpc) is 3.64. The molecule has 0 aliphatic carbocycles. The van der Waals surface area contributed by atoms with Crippen LogP contribution < -0.4 is 15.4 Å². The van der Waals surface area contributed by atoms with Crippen LogP contribution in [0.15, 0.2) is 97.3 Å². The highest BCUT2D eigenvalue weighted by molar-refractivity contribution is 7.90. The molecule has 2 saturated heterocycles. The molecule has 5 heterocycles. The Kier molecular flexibility index (Phi) is 11.7. The van der Waals surface area contributed by atoms with Crippen LogP contribution in [0.4, 0.5) is 26.1 Å². The third-order valence-electron chi connectivity index (χ3n) is 11.4. The number of nitrogens with zero attached hydrogens (tertiary/aromatic N) is 6. The number of amides is 1. The zero-order chi connectivity index (χ0) is 41.1. The molecule has 0 radical (unpaired) electrons. The van der Waals surface area contributed by atoms with Gasteiger partial charge in [0.1, 0.15) is 38.6 Å². The lowest BCUT2D eigenvalue weighted by atomic mass is 9.87. The Morgan fingerprint density at radius 3 is 2.39 bits per heavy atom. The molecule has 0 unspecified atom stereocenters. The summed E-state index contributed by atoms with van der Waals surface area (Å²) in [5.41, 5.74) is 4.67. The van der Waals surface area contributed by atoms with Crippen molar-refractivity contribution >= 4 is 38.7 Å². The van der Waals surface area contributed by atoms with Crippen molar-refractivity contribution in [2.24, 2.45) is 0 Å². The van der Waals surface area contributed by atoms with Crippen LogP contribution in [0.3, 0.4) is 0 Å². The minimum atomic E-state index is -2.95. The third kappa shape index (κ3) is 9.12. The number of rotatable bonds is 12. The Labute approximate surface area is 342 Å².